The molecule has 272 valence electrons. The molecule has 6 aromatic carbocycles. The minimum absolute atomic E-state index is 0.131. The monoisotopic (exact) mass is 751 g/mol. The van der Waals surface area contributed by atoms with Gasteiger partial charge in [0.15, 0.2) is 0 Å². The molecule has 0 radical (unpaired) electrons. The average molecular weight is 752 g/mol. The standard InChI is InChI=1S/C43H30F5NO4S/c44-35-36(45)38(47)40(39(48)37(35)46)53-41(50)34(49-42(51)52-24-33-31-22-12-10-20-29(31)30-21-11-13-23-32(30)33)25-54-43(26-14-4-1-5-15-26,27-16-6-2-7-17-27)28-18-8-3-9-19-28/h1-23,33-34H,24-25H2,(H,49,51). The largest absolute Gasteiger partial charge is 0.449 e. The van der Waals surface area contributed by atoms with Gasteiger partial charge in [0.05, 0.1) is 4.75 Å². The van der Waals surface area contributed by atoms with Crippen LogP contribution in [0.15, 0.2) is 140 Å². The first-order valence-electron chi connectivity index (χ1n) is 16.9. The number of alkyl carbamates (subject to hydrolysis) is 1. The summed E-state index contributed by atoms with van der Waals surface area (Å²) < 4.78 is 81.2. The van der Waals surface area contributed by atoms with Crippen molar-refractivity contribution in [1.29, 1.82) is 0 Å². The van der Waals surface area contributed by atoms with E-state index >= 15 is 0 Å². The topological polar surface area (TPSA) is 64.6 Å². The highest BCUT2D eigenvalue weighted by Gasteiger charge is 2.40. The third-order valence-corrected chi connectivity index (χ3v) is 10.9. The maximum Gasteiger partial charge on any atom is 0.407 e. The van der Waals surface area contributed by atoms with E-state index in [4.69, 9.17) is 9.47 Å². The highest BCUT2D eigenvalue weighted by molar-refractivity contribution is 8.00. The molecule has 0 saturated carbocycles. The summed E-state index contributed by atoms with van der Waals surface area (Å²) in [6.45, 7) is -0.131. The van der Waals surface area contributed by atoms with Crippen LogP contribution in [-0.4, -0.2) is 30.5 Å². The maximum absolute atomic E-state index is 14.7. The van der Waals surface area contributed by atoms with E-state index in [-0.39, 0.29) is 18.3 Å². The molecule has 0 saturated heterocycles. The zero-order valence-electron chi connectivity index (χ0n) is 28.3. The molecule has 0 aromatic heterocycles. The number of carbonyl (C=O) groups excluding carboxylic acids is 2. The summed E-state index contributed by atoms with van der Waals surface area (Å²) >= 11 is 1.19. The van der Waals surface area contributed by atoms with E-state index in [1.165, 1.54) is 11.8 Å². The van der Waals surface area contributed by atoms with E-state index in [1.807, 2.05) is 140 Å². The van der Waals surface area contributed by atoms with E-state index in [1.54, 1.807) is 0 Å². The van der Waals surface area contributed by atoms with Crippen LogP contribution in [0.3, 0.4) is 0 Å². The van der Waals surface area contributed by atoms with Gasteiger partial charge in [-0.25, -0.2) is 22.8 Å². The van der Waals surface area contributed by atoms with Crippen LogP contribution in [0.1, 0.15) is 33.7 Å². The Morgan fingerprint density at radius 2 is 1.00 bits per heavy atom. The van der Waals surface area contributed by atoms with E-state index in [0.29, 0.717) is 0 Å². The second-order valence-corrected chi connectivity index (χ2v) is 13.7. The second-order valence-electron chi connectivity index (χ2n) is 12.4. The van der Waals surface area contributed by atoms with Gasteiger partial charge in [-0.3, -0.25) is 0 Å². The molecule has 7 rings (SSSR count). The number of halogens is 5. The van der Waals surface area contributed by atoms with Crippen molar-refractivity contribution in [2.24, 2.45) is 0 Å². The minimum Gasteiger partial charge on any atom is -0.449 e. The number of amides is 1. The Labute approximate surface area is 311 Å². The number of hydrogen-bond acceptors (Lipinski definition) is 5. The molecule has 0 spiro atoms. The zero-order valence-corrected chi connectivity index (χ0v) is 29.1. The highest BCUT2D eigenvalue weighted by atomic mass is 32.2. The molecule has 1 aliphatic rings. The molecule has 6 aromatic rings. The number of esters is 1. The summed E-state index contributed by atoms with van der Waals surface area (Å²) in [5.74, 6) is -15.6. The first-order valence-corrected chi connectivity index (χ1v) is 17.8. The van der Waals surface area contributed by atoms with E-state index < -0.39 is 57.7 Å². The van der Waals surface area contributed by atoms with E-state index in [2.05, 4.69) is 5.32 Å². The van der Waals surface area contributed by atoms with Gasteiger partial charge in [0.2, 0.25) is 34.8 Å². The zero-order chi connectivity index (χ0) is 37.8. The maximum atomic E-state index is 14.7. The molecule has 0 fully saturated rings. The minimum atomic E-state index is -2.41. The fourth-order valence-corrected chi connectivity index (χ4v) is 8.32. The number of hydrogen-bond donors (Lipinski definition) is 1. The van der Waals surface area contributed by atoms with Crippen LogP contribution in [0, 0.1) is 29.1 Å². The lowest BCUT2D eigenvalue weighted by molar-refractivity contribution is -0.136. The van der Waals surface area contributed by atoms with E-state index in [0.717, 1.165) is 38.9 Å². The summed E-state index contributed by atoms with van der Waals surface area (Å²) in [5.41, 5.74) is 6.22. The van der Waals surface area contributed by atoms with Gasteiger partial charge >= 0.3 is 12.1 Å². The number of carbonyl (C=O) groups is 2. The third kappa shape index (κ3) is 6.82. The van der Waals surface area contributed by atoms with Gasteiger partial charge in [0, 0.05) is 11.7 Å². The third-order valence-electron chi connectivity index (χ3n) is 9.30. The molecule has 1 unspecified atom stereocenters. The summed E-state index contributed by atoms with van der Waals surface area (Å²) in [5, 5.41) is 2.45. The van der Waals surface area contributed by atoms with Gasteiger partial charge in [-0.1, -0.05) is 140 Å². The molecule has 11 heteroatoms. The van der Waals surface area contributed by atoms with Crippen molar-refractivity contribution in [2.45, 2.75) is 16.7 Å². The van der Waals surface area contributed by atoms with E-state index in [9.17, 15) is 31.5 Å². The molecule has 1 amide bonds. The summed E-state index contributed by atoms with van der Waals surface area (Å²) in [4.78, 5) is 27.3. The van der Waals surface area contributed by atoms with Crippen LogP contribution in [0.2, 0.25) is 0 Å². The fourth-order valence-electron chi connectivity index (χ4n) is 6.77. The Morgan fingerprint density at radius 1 is 0.593 bits per heavy atom. The van der Waals surface area contributed by atoms with Crippen LogP contribution in [0.25, 0.3) is 11.1 Å². The van der Waals surface area contributed by atoms with Crippen molar-refractivity contribution in [2.75, 3.05) is 12.4 Å². The van der Waals surface area contributed by atoms with Gasteiger partial charge < -0.3 is 14.8 Å². The van der Waals surface area contributed by atoms with Crippen molar-refractivity contribution in [3.05, 3.63) is 196 Å². The lowest BCUT2D eigenvalue weighted by atomic mass is 9.84. The second kappa shape index (κ2) is 15.6. The molecule has 1 aliphatic carbocycles. The Bertz CT molecular complexity index is 2140. The van der Waals surface area contributed by atoms with Crippen molar-refractivity contribution >= 4 is 23.8 Å². The summed E-state index contributed by atoms with van der Waals surface area (Å²) in [6.07, 6.45) is -1.07. The average Bonchev–Trinajstić information content (AvgIpc) is 3.54. The predicted molar refractivity (Wildman–Crippen MR) is 196 cm³/mol. The fraction of sp³-hybridized carbons (Fsp3) is 0.116. The number of fused-ring (bicyclic) bond motifs is 3. The number of benzene rings is 6. The molecular weight excluding hydrogens is 722 g/mol. The van der Waals surface area contributed by atoms with Crippen LogP contribution in [-0.2, 0) is 14.3 Å². The molecule has 0 heterocycles. The van der Waals surface area contributed by atoms with Gasteiger partial charge in [-0.2, -0.15) is 8.78 Å². The van der Waals surface area contributed by atoms with Gasteiger partial charge in [0.1, 0.15) is 12.6 Å². The van der Waals surface area contributed by atoms with Crippen molar-refractivity contribution < 1.29 is 41.0 Å². The van der Waals surface area contributed by atoms with Crippen LogP contribution >= 0.6 is 11.8 Å². The first-order chi connectivity index (χ1) is 26.2. The van der Waals surface area contributed by atoms with Crippen molar-refractivity contribution in [1.82, 2.24) is 5.32 Å². The first kappa shape index (κ1) is 36.4. The molecular formula is C43H30F5NO4S. The Morgan fingerprint density at radius 3 is 1.46 bits per heavy atom. The molecule has 1 N–H and O–H groups in total. The van der Waals surface area contributed by atoms with Gasteiger partial charge in [0.25, 0.3) is 0 Å². The highest BCUT2D eigenvalue weighted by Crippen LogP contribution is 2.49. The number of rotatable bonds is 11. The molecule has 54 heavy (non-hydrogen) atoms. The quantitative estimate of drug-likeness (QED) is 0.0357. The normalized spacial score (nSPS) is 12.8. The Balaban J connectivity index is 1.23. The van der Waals surface area contributed by atoms with Crippen LogP contribution in [0.4, 0.5) is 26.7 Å². The predicted octanol–water partition coefficient (Wildman–Crippen LogP) is 9.92. The lowest BCUT2D eigenvalue weighted by Crippen LogP contribution is -2.46. The van der Waals surface area contributed by atoms with Crippen LogP contribution < -0.4 is 10.1 Å². The SMILES string of the molecule is O=C(NC(CSC(c1ccccc1)(c1ccccc1)c1ccccc1)C(=O)Oc1c(F)c(F)c(F)c(F)c1F)OCC1c2ccccc2-c2ccccc21. The molecule has 0 aliphatic heterocycles. The number of nitrogens with one attached hydrogen (secondary N) is 1. The molecule has 1 atom stereocenters. The van der Waals surface area contributed by atoms with Crippen LogP contribution in [0.5, 0.6) is 5.75 Å². The Hall–Kier alpha value is -5.94. The lowest BCUT2D eigenvalue weighted by Gasteiger charge is -2.36. The van der Waals surface area contributed by atoms with Gasteiger partial charge in [-0.15, -0.1) is 11.8 Å². The smallest absolute Gasteiger partial charge is 0.407 e. The molecule has 5 nitrogen and oxygen atoms in total. The summed E-state index contributed by atoms with van der Waals surface area (Å²) in [7, 11) is 0. The number of thioether (sulfide) groups is 1. The summed E-state index contributed by atoms with van der Waals surface area (Å²) in [6, 6.07) is 41.6. The van der Waals surface area contributed by atoms with Crippen molar-refractivity contribution in [3.8, 4) is 16.9 Å². The molecule has 0 bridgehead atoms. The van der Waals surface area contributed by atoms with Crippen molar-refractivity contribution in [3.63, 3.8) is 0 Å². The van der Waals surface area contributed by atoms with Gasteiger partial charge in [-0.05, 0) is 38.9 Å². The number of ether oxygens (including phenoxy) is 2. The Kier molecular flexibility index (Phi) is 10.5.